The lowest BCUT2D eigenvalue weighted by Gasteiger charge is -2.12. The molecule has 1 aliphatic heterocycles. The molecule has 0 spiro atoms. The minimum absolute atomic E-state index is 0.0190. The van der Waals surface area contributed by atoms with Gasteiger partial charge in [0.05, 0.1) is 12.2 Å². The molecule has 0 radical (unpaired) electrons. The molecule has 0 saturated heterocycles. The lowest BCUT2D eigenvalue weighted by Crippen LogP contribution is -2.30. The minimum Gasteiger partial charge on any atom is -0.477 e. The molecule has 1 aromatic rings. The summed E-state index contributed by atoms with van der Waals surface area (Å²) in [7, 11) is 0. The Morgan fingerprint density at radius 1 is 1.21 bits per heavy atom. The number of carbonyl (C=O) groups is 3. The number of carbonyl (C=O) groups excluding carboxylic acids is 2. The van der Waals surface area contributed by atoms with Gasteiger partial charge < -0.3 is 5.11 Å². The molecular formula is C12H12N2O4S. The Hall–Kier alpha value is -2.02. The van der Waals surface area contributed by atoms with E-state index >= 15 is 0 Å². The van der Waals surface area contributed by atoms with Crippen molar-refractivity contribution in [3.8, 4) is 0 Å². The van der Waals surface area contributed by atoms with Crippen LogP contribution in [0, 0.1) is 6.92 Å². The normalized spacial score (nSPS) is 15.6. The number of hydrogen-bond acceptors (Lipinski definition) is 5. The second-order valence-electron chi connectivity index (χ2n) is 4.27. The van der Waals surface area contributed by atoms with Crippen LogP contribution >= 0.6 is 11.3 Å². The zero-order chi connectivity index (χ0) is 14.3. The van der Waals surface area contributed by atoms with Gasteiger partial charge in [0, 0.05) is 11.1 Å². The topological polar surface area (TPSA) is 87.6 Å². The largest absolute Gasteiger partial charge is 0.477 e. The SMILES string of the molecule is CC1=C(C)C(=O)N(Cc2nc(C)c(C(=O)O)s2)C1=O. The molecule has 0 unspecified atom stereocenters. The number of imide groups is 1. The number of aromatic carboxylic acids is 1. The first-order valence-corrected chi connectivity index (χ1v) is 6.37. The highest BCUT2D eigenvalue weighted by Crippen LogP contribution is 2.25. The Morgan fingerprint density at radius 3 is 2.16 bits per heavy atom. The Labute approximate surface area is 113 Å². The van der Waals surface area contributed by atoms with Crippen LogP contribution in [0.2, 0.25) is 0 Å². The average Bonchev–Trinajstić information content (AvgIpc) is 2.80. The molecule has 0 atom stereocenters. The average molecular weight is 280 g/mol. The molecule has 1 N–H and O–H groups in total. The van der Waals surface area contributed by atoms with E-state index < -0.39 is 5.97 Å². The zero-order valence-corrected chi connectivity index (χ0v) is 11.5. The second kappa shape index (κ2) is 4.58. The minimum atomic E-state index is -1.05. The molecule has 100 valence electrons. The van der Waals surface area contributed by atoms with Gasteiger partial charge in [0.25, 0.3) is 11.8 Å². The van der Waals surface area contributed by atoms with Crippen molar-refractivity contribution in [1.82, 2.24) is 9.88 Å². The fraction of sp³-hybridized carbons (Fsp3) is 0.333. The number of carboxylic acids is 1. The smallest absolute Gasteiger partial charge is 0.347 e. The first kappa shape index (κ1) is 13.4. The quantitative estimate of drug-likeness (QED) is 0.844. The number of nitrogens with zero attached hydrogens (tertiary/aromatic N) is 2. The molecule has 2 rings (SSSR count). The van der Waals surface area contributed by atoms with E-state index in [-0.39, 0.29) is 23.2 Å². The Bertz CT molecular complexity index is 606. The van der Waals surface area contributed by atoms with E-state index in [0.29, 0.717) is 21.8 Å². The van der Waals surface area contributed by atoms with Crippen LogP contribution in [-0.2, 0) is 16.1 Å². The van der Waals surface area contributed by atoms with Crippen LogP contribution in [0.1, 0.15) is 34.2 Å². The van der Waals surface area contributed by atoms with E-state index in [1.54, 1.807) is 20.8 Å². The van der Waals surface area contributed by atoms with E-state index in [1.165, 1.54) is 0 Å². The maximum Gasteiger partial charge on any atom is 0.347 e. The van der Waals surface area contributed by atoms with E-state index in [2.05, 4.69) is 4.98 Å². The van der Waals surface area contributed by atoms with Gasteiger partial charge in [-0.2, -0.15) is 0 Å². The highest BCUT2D eigenvalue weighted by Gasteiger charge is 2.34. The summed E-state index contributed by atoms with van der Waals surface area (Å²) in [5.41, 5.74) is 1.25. The van der Waals surface area contributed by atoms with Crippen molar-refractivity contribution in [2.45, 2.75) is 27.3 Å². The summed E-state index contributed by atoms with van der Waals surface area (Å²) < 4.78 is 0. The van der Waals surface area contributed by atoms with Gasteiger partial charge in [0.15, 0.2) is 0 Å². The number of amides is 2. The van der Waals surface area contributed by atoms with Gasteiger partial charge in [-0.05, 0) is 20.8 Å². The zero-order valence-electron chi connectivity index (χ0n) is 10.7. The monoisotopic (exact) mass is 280 g/mol. The third-order valence-corrected chi connectivity index (χ3v) is 4.15. The van der Waals surface area contributed by atoms with Crippen molar-refractivity contribution in [3.05, 3.63) is 26.7 Å². The number of rotatable bonds is 3. The predicted octanol–water partition coefficient (Wildman–Crippen LogP) is 1.35. The Balaban J connectivity index is 2.24. The maximum atomic E-state index is 11.9. The molecule has 6 nitrogen and oxygen atoms in total. The molecule has 7 heteroatoms. The molecular weight excluding hydrogens is 268 g/mol. The van der Waals surface area contributed by atoms with E-state index in [1.807, 2.05) is 0 Å². The summed E-state index contributed by atoms with van der Waals surface area (Å²) >= 11 is 0.986. The van der Waals surface area contributed by atoms with E-state index in [4.69, 9.17) is 5.11 Å². The number of aromatic nitrogens is 1. The molecule has 19 heavy (non-hydrogen) atoms. The van der Waals surface area contributed by atoms with Crippen molar-refractivity contribution in [2.75, 3.05) is 0 Å². The lowest BCUT2D eigenvalue weighted by molar-refractivity contribution is -0.138. The van der Waals surface area contributed by atoms with Crippen LogP contribution in [0.5, 0.6) is 0 Å². The molecule has 1 aromatic heterocycles. The molecule has 0 aromatic carbocycles. The van der Waals surface area contributed by atoms with Gasteiger partial charge in [0.2, 0.25) is 0 Å². The van der Waals surface area contributed by atoms with Crippen LogP contribution in [0.15, 0.2) is 11.1 Å². The molecule has 0 fully saturated rings. The molecule has 2 heterocycles. The summed E-state index contributed by atoms with van der Waals surface area (Å²) in [5, 5.41) is 9.39. The number of carboxylic acid groups (broad SMARTS) is 1. The van der Waals surface area contributed by atoms with Gasteiger partial charge in [-0.3, -0.25) is 14.5 Å². The third-order valence-electron chi connectivity index (χ3n) is 3.02. The second-order valence-corrected chi connectivity index (χ2v) is 5.36. The van der Waals surface area contributed by atoms with Crippen LogP contribution in [0.4, 0.5) is 0 Å². The highest BCUT2D eigenvalue weighted by molar-refractivity contribution is 7.13. The standard InChI is InChI=1S/C12H12N2O4S/c1-5-6(2)11(16)14(10(5)15)4-8-13-7(3)9(19-8)12(17)18/h4H2,1-3H3,(H,17,18). The van der Waals surface area contributed by atoms with Crippen molar-refractivity contribution in [3.63, 3.8) is 0 Å². The van der Waals surface area contributed by atoms with Crippen molar-refractivity contribution in [2.24, 2.45) is 0 Å². The fourth-order valence-corrected chi connectivity index (χ4v) is 2.71. The summed E-state index contributed by atoms with van der Waals surface area (Å²) in [6, 6.07) is 0. The molecule has 1 aliphatic rings. The fourth-order valence-electron chi connectivity index (χ4n) is 1.82. The van der Waals surface area contributed by atoms with Crippen molar-refractivity contribution < 1.29 is 19.5 Å². The Kier molecular flexibility index (Phi) is 3.23. The number of aryl methyl sites for hydroxylation is 1. The van der Waals surface area contributed by atoms with E-state index in [9.17, 15) is 14.4 Å². The van der Waals surface area contributed by atoms with Gasteiger partial charge in [-0.1, -0.05) is 0 Å². The summed E-state index contributed by atoms with van der Waals surface area (Å²) in [6.07, 6.45) is 0. The molecule has 0 aliphatic carbocycles. The van der Waals surface area contributed by atoms with Gasteiger partial charge in [-0.15, -0.1) is 11.3 Å². The summed E-state index contributed by atoms with van der Waals surface area (Å²) in [6.45, 7) is 4.81. The van der Waals surface area contributed by atoms with Gasteiger partial charge >= 0.3 is 5.97 Å². The summed E-state index contributed by atoms with van der Waals surface area (Å²) in [5.74, 6) is -1.73. The van der Waals surface area contributed by atoms with Crippen LogP contribution < -0.4 is 0 Å². The highest BCUT2D eigenvalue weighted by atomic mass is 32.1. The van der Waals surface area contributed by atoms with Crippen LogP contribution in [0.3, 0.4) is 0 Å². The molecule has 0 saturated carbocycles. The predicted molar refractivity (Wildman–Crippen MR) is 67.7 cm³/mol. The van der Waals surface area contributed by atoms with Crippen molar-refractivity contribution in [1.29, 1.82) is 0 Å². The van der Waals surface area contributed by atoms with Gasteiger partial charge in [-0.25, -0.2) is 9.78 Å². The first-order chi connectivity index (χ1) is 8.82. The number of thiazole rings is 1. The third kappa shape index (κ3) is 2.17. The van der Waals surface area contributed by atoms with Crippen molar-refractivity contribution >= 4 is 29.1 Å². The Morgan fingerprint density at radius 2 is 1.74 bits per heavy atom. The number of hydrogen-bond donors (Lipinski definition) is 1. The molecule has 2 amide bonds. The van der Waals surface area contributed by atoms with Gasteiger partial charge in [0.1, 0.15) is 9.88 Å². The summed E-state index contributed by atoms with van der Waals surface area (Å²) in [4.78, 5) is 40.0. The molecule has 0 bridgehead atoms. The van der Waals surface area contributed by atoms with E-state index in [0.717, 1.165) is 16.2 Å². The first-order valence-electron chi connectivity index (χ1n) is 5.56. The van der Waals surface area contributed by atoms with Crippen LogP contribution in [0.25, 0.3) is 0 Å². The van der Waals surface area contributed by atoms with Crippen LogP contribution in [-0.4, -0.2) is 32.8 Å². The lowest BCUT2D eigenvalue weighted by atomic mass is 10.2. The maximum absolute atomic E-state index is 11.9.